The van der Waals surface area contributed by atoms with E-state index in [1.165, 1.54) is 30.5 Å². The minimum atomic E-state index is 0.702. The topological polar surface area (TPSA) is 12.0 Å². The van der Waals surface area contributed by atoms with Gasteiger partial charge in [-0.05, 0) is 44.2 Å². The molecule has 14 heavy (non-hydrogen) atoms. The summed E-state index contributed by atoms with van der Waals surface area (Å²) in [5, 5.41) is 3.60. The third-order valence-corrected chi connectivity index (χ3v) is 3.12. The van der Waals surface area contributed by atoms with Gasteiger partial charge in [-0.25, -0.2) is 0 Å². The fraction of sp³-hybridized carbons (Fsp3) is 0.538. The molecule has 1 aromatic carbocycles. The summed E-state index contributed by atoms with van der Waals surface area (Å²) >= 11 is 0. The van der Waals surface area contributed by atoms with E-state index in [2.05, 4.69) is 43.4 Å². The van der Waals surface area contributed by atoms with Crippen LogP contribution in [0.25, 0.3) is 0 Å². The lowest BCUT2D eigenvalue weighted by atomic mass is 10.1. The van der Waals surface area contributed by atoms with Gasteiger partial charge in [0.2, 0.25) is 0 Å². The van der Waals surface area contributed by atoms with Crippen molar-refractivity contribution in [2.75, 3.05) is 5.32 Å². The minimum absolute atomic E-state index is 0.702. The van der Waals surface area contributed by atoms with Crippen LogP contribution in [-0.4, -0.2) is 6.04 Å². The second-order valence-electron chi connectivity index (χ2n) is 4.63. The van der Waals surface area contributed by atoms with E-state index in [4.69, 9.17) is 0 Å². The van der Waals surface area contributed by atoms with Crippen LogP contribution in [0.3, 0.4) is 0 Å². The zero-order valence-corrected chi connectivity index (χ0v) is 9.09. The summed E-state index contributed by atoms with van der Waals surface area (Å²) in [5.74, 6) is 0.901. The van der Waals surface area contributed by atoms with Gasteiger partial charge in [-0.3, -0.25) is 0 Å². The lowest BCUT2D eigenvalue weighted by Crippen LogP contribution is -2.14. The van der Waals surface area contributed by atoms with E-state index in [1.54, 1.807) is 0 Å². The Labute approximate surface area is 86.5 Å². The van der Waals surface area contributed by atoms with E-state index in [9.17, 15) is 0 Å². The highest BCUT2D eigenvalue weighted by atomic mass is 14.9. The van der Waals surface area contributed by atoms with E-state index < -0.39 is 0 Å². The fourth-order valence-electron chi connectivity index (χ4n) is 2.22. The maximum absolute atomic E-state index is 3.60. The zero-order valence-electron chi connectivity index (χ0n) is 9.09. The van der Waals surface area contributed by atoms with Gasteiger partial charge in [0, 0.05) is 11.7 Å². The highest BCUT2D eigenvalue weighted by Gasteiger charge is 2.20. The van der Waals surface area contributed by atoms with Crippen LogP contribution in [-0.2, 0) is 0 Å². The minimum Gasteiger partial charge on any atom is -0.382 e. The normalized spacial score (nSPS) is 26.4. The number of nitrogens with one attached hydrogen (secondary N) is 1. The Bertz CT molecular complexity index is 289. The molecule has 0 radical (unpaired) electrons. The molecule has 1 aliphatic rings. The molecule has 0 aliphatic heterocycles. The second kappa shape index (κ2) is 4.04. The van der Waals surface area contributed by atoms with Crippen LogP contribution in [0.4, 0.5) is 5.69 Å². The van der Waals surface area contributed by atoms with Crippen molar-refractivity contribution in [3.05, 3.63) is 29.8 Å². The molecule has 76 valence electrons. The molecule has 0 heterocycles. The van der Waals surface area contributed by atoms with Gasteiger partial charge in [-0.2, -0.15) is 0 Å². The van der Waals surface area contributed by atoms with Gasteiger partial charge >= 0.3 is 0 Å². The van der Waals surface area contributed by atoms with E-state index >= 15 is 0 Å². The highest BCUT2D eigenvalue weighted by Crippen LogP contribution is 2.27. The van der Waals surface area contributed by atoms with E-state index in [-0.39, 0.29) is 0 Å². The molecule has 1 aliphatic carbocycles. The van der Waals surface area contributed by atoms with E-state index in [0.717, 1.165) is 5.92 Å². The molecule has 0 bridgehead atoms. The maximum Gasteiger partial charge on any atom is 0.0342 e. The number of anilines is 1. The van der Waals surface area contributed by atoms with Gasteiger partial charge in [0.15, 0.2) is 0 Å². The number of hydrogen-bond donors (Lipinski definition) is 1. The van der Waals surface area contributed by atoms with Crippen LogP contribution in [0.5, 0.6) is 0 Å². The smallest absolute Gasteiger partial charge is 0.0342 e. The van der Waals surface area contributed by atoms with Gasteiger partial charge < -0.3 is 5.32 Å². The van der Waals surface area contributed by atoms with Crippen molar-refractivity contribution >= 4 is 5.69 Å². The van der Waals surface area contributed by atoms with Crippen molar-refractivity contribution in [3.63, 3.8) is 0 Å². The number of rotatable bonds is 2. The summed E-state index contributed by atoms with van der Waals surface area (Å²) in [6.07, 6.45) is 4.03. The summed E-state index contributed by atoms with van der Waals surface area (Å²) in [7, 11) is 0. The van der Waals surface area contributed by atoms with Crippen molar-refractivity contribution in [3.8, 4) is 0 Å². The van der Waals surface area contributed by atoms with E-state index in [1.807, 2.05) is 0 Å². The fourth-order valence-corrected chi connectivity index (χ4v) is 2.22. The van der Waals surface area contributed by atoms with Crippen molar-refractivity contribution in [2.24, 2.45) is 5.92 Å². The Kier molecular flexibility index (Phi) is 2.76. The molecule has 0 aromatic heterocycles. The predicted molar refractivity (Wildman–Crippen MR) is 61.6 cm³/mol. The van der Waals surface area contributed by atoms with Gasteiger partial charge in [0.1, 0.15) is 0 Å². The Morgan fingerprint density at radius 3 is 2.43 bits per heavy atom. The molecule has 1 nitrogen and oxygen atoms in total. The van der Waals surface area contributed by atoms with Crippen molar-refractivity contribution in [1.82, 2.24) is 0 Å². The van der Waals surface area contributed by atoms with Gasteiger partial charge in [0.05, 0.1) is 0 Å². The van der Waals surface area contributed by atoms with Crippen LogP contribution < -0.4 is 5.32 Å². The van der Waals surface area contributed by atoms with Crippen LogP contribution >= 0.6 is 0 Å². The standard InChI is InChI=1S/C13H19N/c1-10-3-6-12(7-4-10)14-13-8-5-11(2)9-13/h3-4,6-7,11,13-14H,5,8-9H2,1-2H3. The lowest BCUT2D eigenvalue weighted by Gasteiger charge is -2.13. The van der Waals surface area contributed by atoms with Crippen LogP contribution in [0, 0.1) is 12.8 Å². The third-order valence-electron chi connectivity index (χ3n) is 3.12. The molecule has 2 unspecified atom stereocenters. The number of aryl methyl sites for hydroxylation is 1. The summed E-state index contributed by atoms with van der Waals surface area (Å²) in [5.41, 5.74) is 2.60. The van der Waals surface area contributed by atoms with Gasteiger partial charge in [0.25, 0.3) is 0 Å². The van der Waals surface area contributed by atoms with Crippen molar-refractivity contribution < 1.29 is 0 Å². The molecule has 1 N–H and O–H groups in total. The first-order chi connectivity index (χ1) is 6.74. The molecule has 0 spiro atoms. The third kappa shape index (κ3) is 2.28. The monoisotopic (exact) mass is 189 g/mol. The molecule has 0 saturated heterocycles. The molecule has 1 saturated carbocycles. The molecule has 2 atom stereocenters. The summed E-state index contributed by atoms with van der Waals surface area (Å²) in [6, 6.07) is 9.39. The summed E-state index contributed by atoms with van der Waals surface area (Å²) in [6.45, 7) is 4.47. The Balaban J connectivity index is 1.94. The first-order valence-electron chi connectivity index (χ1n) is 5.57. The molecule has 1 heteroatoms. The molecule has 1 aromatic rings. The first-order valence-corrected chi connectivity index (χ1v) is 5.57. The largest absolute Gasteiger partial charge is 0.382 e. The number of benzene rings is 1. The first kappa shape index (κ1) is 9.57. The van der Waals surface area contributed by atoms with Crippen LogP contribution in [0.15, 0.2) is 24.3 Å². The number of hydrogen-bond acceptors (Lipinski definition) is 1. The highest BCUT2D eigenvalue weighted by molar-refractivity contribution is 5.45. The van der Waals surface area contributed by atoms with Crippen molar-refractivity contribution in [1.29, 1.82) is 0 Å². The Hall–Kier alpha value is -0.980. The van der Waals surface area contributed by atoms with E-state index in [0.29, 0.717) is 6.04 Å². The lowest BCUT2D eigenvalue weighted by molar-refractivity contribution is 0.602. The SMILES string of the molecule is Cc1ccc(NC2CCC(C)C2)cc1. The van der Waals surface area contributed by atoms with Crippen LogP contribution in [0.2, 0.25) is 0 Å². The van der Waals surface area contributed by atoms with Crippen LogP contribution in [0.1, 0.15) is 31.7 Å². The zero-order chi connectivity index (χ0) is 9.97. The Morgan fingerprint density at radius 1 is 1.14 bits per heavy atom. The average Bonchev–Trinajstić information content (AvgIpc) is 2.56. The molecular formula is C13H19N. The molecule has 2 rings (SSSR count). The molecule has 1 fully saturated rings. The molecule has 0 amide bonds. The van der Waals surface area contributed by atoms with Gasteiger partial charge in [-0.15, -0.1) is 0 Å². The summed E-state index contributed by atoms with van der Waals surface area (Å²) < 4.78 is 0. The Morgan fingerprint density at radius 2 is 1.86 bits per heavy atom. The molecular weight excluding hydrogens is 170 g/mol. The quantitative estimate of drug-likeness (QED) is 0.749. The summed E-state index contributed by atoms with van der Waals surface area (Å²) in [4.78, 5) is 0. The average molecular weight is 189 g/mol. The van der Waals surface area contributed by atoms with Gasteiger partial charge in [-0.1, -0.05) is 24.6 Å². The predicted octanol–water partition coefficient (Wildman–Crippen LogP) is 3.60. The van der Waals surface area contributed by atoms with Crippen molar-refractivity contribution in [2.45, 2.75) is 39.2 Å². The maximum atomic E-state index is 3.60. The second-order valence-corrected chi connectivity index (χ2v) is 4.63.